The summed E-state index contributed by atoms with van der Waals surface area (Å²) in [6.07, 6.45) is 2.14. The number of hydrogen-bond acceptors (Lipinski definition) is 4. The number of benzene rings is 1. The molecule has 4 rings (SSSR count). The molecule has 2 atom stereocenters. The maximum atomic E-state index is 13.7. The molecule has 0 spiro atoms. The predicted molar refractivity (Wildman–Crippen MR) is 99.6 cm³/mol. The van der Waals surface area contributed by atoms with Crippen LogP contribution in [0.1, 0.15) is 6.42 Å². The van der Waals surface area contributed by atoms with E-state index in [0.29, 0.717) is 32.6 Å². The van der Waals surface area contributed by atoms with Crippen molar-refractivity contribution in [3.8, 4) is 0 Å². The van der Waals surface area contributed by atoms with Gasteiger partial charge >= 0.3 is 0 Å². The van der Waals surface area contributed by atoms with E-state index in [4.69, 9.17) is 0 Å². The van der Waals surface area contributed by atoms with Crippen LogP contribution in [0.5, 0.6) is 0 Å². The van der Waals surface area contributed by atoms with Crippen LogP contribution in [0.2, 0.25) is 0 Å². The van der Waals surface area contributed by atoms with Crippen LogP contribution in [0.4, 0.5) is 20.3 Å². The van der Waals surface area contributed by atoms with Gasteiger partial charge in [-0.25, -0.2) is 13.8 Å². The summed E-state index contributed by atoms with van der Waals surface area (Å²) in [6, 6.07) is 9.10. The second-order valence-electron chi connectivity index (χ2n) is 7.03. The lowest BCUT2D eigenvalue weighted by Crippen LogP contribution is -2.49. The number of hydrogen-bond donors (Lipinski definition) is 1. The fraction of sp³-hybridized carbons (Fsp3) is 0.350. The Hall–Kier alpha value is -3.03. The molecule has 8 heteroatoms. The Kier molecular flexibility index (Phi) is 4.93. The standard InChI is InChI=1S/C20H20F2N4O2/c21-15-4-3-5-16(22)18(15)24-19(27)13-12-14(13)20(28)26-10-8-25(9-11-26)17-6-1-2-7-23-17/h1-7,13-14H,8-12H2,(H,24,27). The van der Waals surface area contributed by atoms with E-state index in [1.807, 2.05) is 18.2 Å². The number of aromatic nitrogens is 1. The van der Waals surface area contributed by atoms with Crippen LogP contribution in [0, 0.1) is 23.5 Å². The third-order valence-corrected chi connectivity index (χ3v) is 5.22. The third-order valence-electron chi connectivity index (χ3n) is 5.22. The molecule has 0 radical (unpaired) electrons. The molecule has 1 saturated heterocycles. The van der Waals surface area contributed by atoms with Gasteiger partial charge in [0.25, 0.3) is 0 Å². The van der Waals surface area contributed by atoms with Gasteiger partial charge in [-0.3, -0.25) is 9.59 Å². The lowest BCUT2D eigenvalue weighted by atomic mass is 10.2. The first-order chi connectivity index (χ1) is 13.5. The van der Waals surface area contributed by atoms with E-state index < -0.39 is 35.1 Å². The van der Waals surface area contributed by atoms with Crippen molar-refractivity contribution in [2.75, 3.05) is 36.4 Å². The number of para-hydroxylation sites is 1. The molecule has 1 aliphatic heterocycles. The van der Waals surface area contributed by atoms with Gasteiger partial charge in [-0.05, 0) is 30.7 Å². The number of rotatable bonds is 4. The first-order valence-electron chi connectivity index (χ1n) is 9.24. The summed E-state index contributed by atoms with van der Waals surface area (Å²) in [4.78, 5) is 33.1. The Morgan fingerprint density at radius 3 is 2.32 bits per heavy atom. The normalized spacial score (nSPS) is 21.4. The largest absolute Gasteiger partial charge is 0.353 e. The summed E-state index contributed by atoms with van der Waals surface area (Å²) in [5, 5.41) is 2.28. The van der Waals surface area contributed by atoms with Crippen molar-refractivity contribution in [1.29, 1.82) is 0 Å². The summed E-state index contributed by atoms with van der Waals surface area (Å²) in [7, 11) is 0. The quantitative estimate of drug-likeness (QED) is 0.876. The number of pyridine rings is 1. The van der Waals surface area contributed by atoms with E-state index in [-0.39, 0.29) is 5.91 Å². The van der Waals surface area contributed by atoms with Crippen LogP contribution >= 0.6 is 0 Å². The van der Waals surface area contributed by atoms with Gasteiger partial charge in [-0.2, -0.15) is 0 Å². The van der Waals surface area contributed by atoms with Crippen molar-refractivity contribution in [1.82, 2.24) is 9.88 Å². The molecule has 6 nitrogen and oxygen atoms in total. The van der Waals surface area contributed by atoms with Crippen LogP contribution in [0.15, 0.2) is 42.6 Å². The van der Waals surface area contributed by atoms with Crippen LogP contribution in [0.25, 0.3) is 0 Å². The minimum Gasteiger partial charge on any atom is -0.353 e. The van der Waals surface area contributed by atoms with E-state index in [0.717, 1.165) is 18.0 Å². The van der Waals surface area contributed by atoms with Crippen molar-refractivity contribution in [3.63, 3.8) is 0 Å². The maximum absolute atomic E-state index is 13.7. The summed E-state index contributed by atoms with van der Waals surface area (Å²) < 4.78 is 27.4. The van der Waals surface area contributed by atoms with Gasteiger partial charge in [-0.15, -0.1) is 0 Å². The van der Waals surface area contributed by atoms with Crippen molar-refractivity contribution >= 4 is 23.3 Å². The Balaban J connectivity index is 1.31. The molecule has 1 aliphatic carbocycles. The number of piperazine rings is 1. The number of halogens is 2. The average Bonchev–Trinajstić information content (AvgIpc) is 3.52. The molecule has 0 bridgehead atoms. The van der Waals surface area contributed by atoms with E-state index in [1.54, 1.807) is 11.1 Å². The molecule has 2 heterocycles. The van der Waals surface area contributed by atoms with Crippen LogP contribution in [-0.4, -0.2) is 47.9 Å². The number of anilines is 2. The highest BCUT2D eigenvalue weighted by molar-refractivity contribution is 5.99. The number of amides is 2. The topological polar surface area (TPSA) is 65.5 Å². The molecule has 2 unspecified atom stereocenters. The minimum atomic E-state index is -0.831. The second kappa shape index (κ2) is 7.53. The summed E-state index contributed by atoms with van der Waals surface area (Å²) in [5.74, 6) is -2.34. The van der Waals surface area contributed by atoms with E-state index in [2.05, 4.69) is 15.2 Å². The van der Waals surface area contributed by atoms with E-state index in [9.17, 15) is 18.4 Å². The molecule has 28 heavy (non-hydrogen) atoms. The first kappa shape index (κ1) is 18.3. The molecule has 1 aromatic carbocycles. The van der Waals surface area contributed by atoms with Crippen molar-refractivity contribution in [3.05, 3.63) is 54.2 Å². The Morgan fingerprint density at radius 2 is 1.68 bits per heavy atom. The zero-order valence-electron chi connectivity index (χ0n) is 15.1. The molecule has 1 aromatic heterocycles. The monoisotopic (exact) mass is 386 g/mol. The number of carbonyl (C=O) groups excluding carboxylic acids is 2. The molecular formula is C20H20F2N4O2. The molecule has 1 N–H and O–H groups in total. The average molecular weight is 386 g/mol. The maximum Gasteiger partial charge on any atom is 0.228 e. The van der Waals surface area contributed by atoms with Crippen LogP contribution in [-0.2, 0) is 9.59 Å². The first-order valence-corrected chi connectivity index (χ1v) is 9.24. The number of nitrogens with zero attached hydrogens (tertiary/aromatic N) is 3. The molecule has 2 aromatic rings. The third kappa shape index (κ3) is 3.67. The van der Waals surface area contributed by atoms with Crippen LogP contribution in [0.3, 0.4) is 0 Å². The van der Waals surface area contributed by atoms with Gasteiger partial charge in [0.05, 0.1) is 11.8 Å². The fourth-order valence-corrected chi connectivity index (χ4v) is 3.52. The Morgan fingerprint density at radius 1 is 0.964 bits per heavy atom. The second-order valence-corrected chi connectivity index (χ2v) is 7.03. The van der Waals surface area contributed by atoms with Crippen molar-refractivity contribution in [2.24, 2.45) is 11.8 Å². The number of nitrogens with one attached hydrogen (secondary N) is 1. The minimum absolute atomic E-state index is 0.0742. The molecule has 1 saturated carbocycles. The SMILES string of the molecule is O=C(Nc1c(F)cccc1F)C1CC1C(=O)N1CCN(c2ccccn2)CC1. The van der Waals surface area contributed by atoms with Gasteiger partial charge in [0.15, 0.2) is 0 Å². The fourth-order valence-electron chi connectivity index (χ4n) is 3.52. The van der Waals surface area contributed by atoms with Gasteiger partial charge in [0.2, 0.25) is 11.8 Å². The summed E-state index contributed by atoms with van der Waals surface area (Å²) in [5.41, 5.74) is -0.463. The van der Waals surface area contributed by atoms with Crippen molar-refractivity contribution in [2.45, 2.75) is 6.42 Å². The lowest BCUT2D eigenvalue weighted by Gasteiger charge is -2.35. The zero-order valence-corrected chi connectivity index (χ0v) is 15.1. The lowest BCUT2D eigenvalue weighted by molar-refractivity contribution is -0.134. The zero-order chi connectivity index (χ0) is 19.7. The van der Waals surface area contributed by atoms with Gasteiger partial charge in [-0.1, -0.05) is 12.1 Å². The highest BCUT2D eigenvalue weighted by Crippen LogP contribution is 2.41. The molecular weight excluding hydrogens is 366 g/mol. The number of carbonyl (C=O) groups is 2. The van der Waals surface area contributed by atoms with Gasteiger partial charge < -0.3 is 15.1 Å². The summed E-state index contributed by atoms with van der Waals surface area (Å²) >= 11 is 0. The molecule has 2 amide bonds. The predicted octanol–water partition coefficient (Wildman–Crippen LogP) is 2.28. The molecule has 2 aliphatic rings. The molecule has 146 valence electrons. The van der Waals surface area contributed by atoms with E-state index in [1.165, 1.54) is 6.07 Å². The van der Waals surface area contributed by atoms with E-state index >= 15 is 0 Å². The highest BCUT2D eigenvalue weighted by atomic mass is 19.1. The van der Waals surface area contributed by atoms with Gasteiger partial charge in [0, 0.05) is 32.4 Å². The molecule has 2 fully saturated rings. The highest BCUT2D eigenvalue weighted by Gasteiger charge is 2.50. The smallest absolute Gasteiger partial charge is 0.228 e. The van der Waals surface area contributed by atoms with Gasteiger partial charge in [0.1, 0.15) is 23.1 Å². The summed E-state index contributed by atoms with van der Waals surface area (Å²) in [6.45, 7) is 2.46. The van der Waals surface area contributed by atoms with Crippen molar-refractivity contribution < 1.29 is 18.4 Å². The Labute approximate surface area is 161 Å². The van der Waals surface area contributed by atoms with Crippen LogP contribution < -0.4 is 10.2 Å². The Bertz CT molecular complexity index is 865.